The largest absolute Gasteiger partial charge is 0.449 e. The van der Waals surface area contributed by atoms with Gasteiger partial charge in [0.1, 0.15) is 12.0 Å². The predicted octanol–water partition coefficient (Wildman–Crippen LogP) is 3.46. The second-order valence-electron chi connectivity index (χ2n) is 4.37. The van der Waals surface area contributed by atoms with E-state index in [0.29, 0.717) is 11.8 Å². The van der Waals surface area contributed by atoms with Crippen molar-refractivity contribution >= 4 is 23.2 Å². The Balaban J connectivity index is 2.08. The molecule has 0 aliphatic carbocycles. The molecule has 1 unspecified atom stereocenters. The van der Waals surface area contributed by atoms with Crippen LogP contribution in [-0.4, -0.2) is 16.8 Å². The van der Waals surface area contributed by atoms with Crippen molar-refractivity contribution in [3.63, 3.8) is 0 Å². The SMILES string of the molecule is Cc1nc(-c2ccc(NC(=O)C(C)CCl)cc2)co1. The van der Waals surface area contributed by atoms with Gasteiger partial charge in [0.25, 0.3) is 0 Å². The van der Waals surface area contributed by atoms with E-state index in [1.165, 1.54) is 0 Å². The maximum absolute atomic E-state index is 11.7. The molecule has 1 amide bonds. The number of nitrogens with zero attached hydrogens (tertiary/aromatic N) is 1. The quantitative estimate of drug-likeness (QED) is 0.872. The first-order valence-electron chi connectivity index (χ1n) is 5.99. The standard InChI is InChI=1S/C14H15ClN2O2/c1-9(7-15)14(18)17-12-5-3-11(4-6-12)13-8-19-10(2)16-13/h3-6,8-9H,7H2,1-2H3,(H,17,18). The molecular weight excluding hydrogens is 264 g/mol. The fourth-order valence-corrected chi connectivity index (χ4v) is 1.70. The van der Waals surface area contributed by atoms with Gasteiger partial charge in [-0.15, -0.1) is 11.6 Å². The molecule has 1 heterocycles. The Hall–Kier alpha value is -1.81. The number of hydrogen-bond donors (Lipinski definition) is 1. The van der Waals surface area contributed by atoms with Crippen LogP contribution in [0.5, 0.6) is 0 Å². The molecule has 0 fully saturated rings. The molecule has 1 N–H and O–H groups in total. The van der Waals surface area contributed by atoms with Gasteiger partial charge in [0.2, 0.25) is 5.91 Å². The van der Waals surface area contributed by atoms with E-state index in [2.05, 4.69) is 10.3 Å². The molecule has 1 aromatic heterocycles. The third-order valence-electron chi connectivity index (χ3n) is 2.75. The van der Waals surface area contributed by atoms with Gasteiger partial charge in [0, 0.05) is 30.0 Å². The molecule has 2 aromatic rings. The summed E-state index contributed by atoms with van der Waals surface area (Å²) in [6, 6.07) is 7.44. The molecule has 0 aliphatic rings. The van der Waals surface area contributed by atoms with Gasteiger partial charge in [-0.3, -0.25) is 4.79 Å². The Morgan fingerprint density at radius 2 is 2.11 bits per heavy atom. The zero-order chi connectivity index (χ0) is 13.8. The Bertz CT molecular complexity index is 563. The number of carbonyl (C=O) groups excluding carboxylic acids is 1. The molecule has 0 bridgehead atoms. The van der Waals surface area contributed by atoms with Crippen molar-refractivity contribution in [3.8, 4) is 11.3 Å². The van der Waals surface area contributed by atoms with Gasteiger partial charge >= 0.3 is 0 Å². The summed E-state index contributed by atoms with van der Waals surface area (Å²) >= 11 is 5.64. The van der Waals surface area contributed by atoms with Crippen LogP contribution in [0.3, 0.4) is 0 Å². The number of aromatic nitrogens is 1. The lowest BCUT2D eigenvalue weighted by Crippen LogP contribution is -2.21. The van der Waals surface area contributed by atoms with Crippen LogP contribution in [0.4, 0.5) is 5.69 Å². The molecule has 2 rings (SSSR count). The molecule has 4 nitrogen and oxygen atoms in total. The summed E-state index contributed by atoms with van der Waals surface area (Å²) in [5, 5.41) is 2.81. The third-order valence-corrected chi connectivity index (χ3v) is 3.21. The van der Waals surface area contributed by atoms with Crippen LogP contribution in [0.2, 0.25) is 0 Å². The summed E-state index contributed by atoms with van der Waals surface area (Å²) in [6.45, 7) is 3.58. The van der Waals surface area contributed by atoms with Gasteiger partial charge in [0.15, 0.2) is 5.89 Å². The number of hydrogen-bond acceptors (Lipinski definition) is 3. The van der Waals surface area contributed by atoms with Gasteiger partial charge < -0.3 is 9.73 Å². The van der Waals surface area contributed by atoms with E-state index in [1.807, 2.05) is 24.3 Å². The first-order chi connectivity index (χ1) is 9.10. The van der Waals surface area contributed by atoms with E-state index < -0.39 is 0 Å². The molecule has 100 valence electrons. The van der Waals surface area contributed by atoms with Crippen LogP contribution in [0, 0.1) is 12.8 Å². The average molecular weight is 279 g/mol. The number of nitrogens with one attached hydrogen (secondary N) is 1. The van der Waals surface area contributed by atoms with E-state index in [9.17, 15) is 4.79 Å². The van der Waals surface area contributed by atoms with Crippen LogP contribution in [0.25, 0.3) is 11.3 Å². The van der Waals surface area contributed by atoms with E-state index in [1.54, 1.807) is 20.1 Å². The van der Waals surface area contributed by atoms with Crippen molar-refractivity contribution in [1.82, 2.24) is 4.98 Å². The number of amides is 1. The number of benzene rings is 1. The summed E-state index contributed by atoms with van der Waals surface area (Å²) in [5.41, 5.74) is 2.47. The number of anilines is 1. The summed E-state index contributed by atoms with van der Waals surface area (Å²) in [4.78, 5) is 15.9. The van der Waals surface area contributed by atoms with E-state index >= 15 is 0 Å². The van der Waals surface area contributed by atoms with Crippen molar-refractivity contribution in [2.75, 3.05) is 11.2 Å². The molecule has 0 radical (unpaired) electrons. The number of carbonyl (C=O) groups is 1. The molecule has 0 aliphatic heterocycles. The minimum absolute atomic E-state index is 0.0833. The molecule has 0 spiro atoms. The zero-order valence-corrected chi connectivity index (χ0v) is 11.6. The monoisotopic (exact) mass is 278 g/mol. The van der Waals surface area contributed by atoms with E-state index in [4.69, 9.17) is 16.0 Å². The number of rotatable bonds is 4. The maximum Gasteiger partial charge on any atom is 0.228 e. The summed E-state index contributed by atoms with van der Waals surface area (Å²) < 4.78 is 5.16. The van der Waals surface area contributed by atoms with Gasteiger partial charge in [-0.05, 0) is 12.1 Å². The molecule has 1 atom stereocenters. The lowest BCUT2D eigenvalue weighted by Gasteiger charge is -2.09. The maximum atomic E-state index is 11.7. The second kappa shape index (κ2) is 5.89. The van der Waals surface area contributed by atoms with Crippen LogP contribution in [0.15, 0.2) is 34.9 Å². The van der Waals surface area contributed by atoms with Crippen molar-refractivity contribution < 1.29 is 9.21 Å². The number of aryl methyl sites for hydroxylation is 1. The molecule has 1 aromatic carbocycles. The molecule has 19 heavy (non-hydrogen) atoms. The lowest BCUT2D eigenvalue weighted by atomic mass is 10.1. The normalized spacial score (nSPS) is 12.2. The highest BCUT2D eigenvalue weighted by molar-refractivity contribution is 6.19. The summed E-state index contributed by atoms with van der Waals surface area (Å²) in [7, 11) is 0. The number of halogens is 1. The third kappa shape index (κ3) is 3.35. The molecule has 5 heteroatoms. The van der Waals surface area contributed by atoms with Gasteiger partial charge in [-0.25, -0.2) is 4.98 Å². The Morgan fingerprint density at radius 1 is 1.42 bits per heavy atom. The Labute approximate surface area is 116 Å². The minimum Gasteiger partial charge on any atom is -0.449 e. The summed E-state index contributed by atoms with van der Waals surface area (Å²) in [6.07, 6.45) is 1.61. The average Bonchev–Trinajstić information content (AvgIpc) is 2.85. The van der Waals surface area contributed by atoms with Crippen LogP contribution < -0.4 is 5.32 Å². The second-order valence-corrected chi connectivity index (χ2v) is 4.68. The predicted molar refractivity (Wildman–Crippen MR) is 75.2 cm³/mol. The highest BCUT2D eigenvalue weighted by Gasteiger charge is 2.11. The Kier molecular flexibility index (Phi) is 4.22. The first-order valence-corrected chi connectivity index (χ1v) is 6.53. The summed E-state index contributed by atoms with van der Waals surface area (Å²) in [5.74, 6) is 0.644. The van der Waals surface area contributed by atoms with Gasteiger partial charge in [0.05, 0.1) is 0 Å². The van der Waals surface area contributed by atoms with E-state index in [-0.39, 0.29) is 11.8 Å². The number of oxazole rings is 1. The van der Waals surface area contributed by atoms with Crippen molar-refractivity contribution in [1.29, 1.82) is 0 Å². The zero-order valence-electron chi connectivity index (χ0n) is 10.8. The van der Waals surface area contributed by atoms with E-state index in [0.717, 1.165) is 16.9 Å². The van der Waals surface area contributed by atoms with Crippen molar-refractivity contribution in [3.05, 3.63) is 36.4 Å². The molecule has 0 saturated heterocycles. The van der Waals surface area contributed by atoms with Crippen LogP contribution in [-0.2, 0) is 4.79 Å². The molecule has 0 saturated carbocycles. The molecular formula is C14H15ClN2O2. The minimum atomic E-state index is -0.209. The van der Waals surface area contributed by atoms with Gasteiger partial charge in [-0.2, -0.15) is 0 Å². The Morgan fingerprint density at radius 3 is 2.63 bits per heavy atom. The van der Waals surface area contributed by atoms with Crippen LogP contribution in [0.1, 0.15) is 12.8 Å². The lowest BCUT2D eigenvalue weighted by molar-refractivity contribution is -0.118. The fourth-order valence-electron chi connectivity index (χ4n) is 1.56. The van der Waals surface area contributed by atoms with Crippen molar-refractivity contribution in [2.45, 2.75) is 13.8 Å². The first kappa shape index (κ1) is 13.6. The smallest absolute Gasteiger partial charge is 0.228 e. The van der Waals surface area contributed by atoms with Crippen LogP contribution >= 0.6 is 11.6 Å². The van der Waals surface area contributed by atoms with Crippen molar-refractivity contribution in [2.24, 2.45) is 5.92 Å². The van der Waals surface area contributed by atoms with Gasteiger partial charge in [-0.1, -0.05) is 19.1 Å². The number of alkyl halides is 1. The highest BCUT2D eigenvalue weighted by Crippen LogP contribution is 2.21. The topological polar surface area (TPSA) is 55.1 Å². The highest BCUT2D eigenvalue weighted by atomic mass is 35.5. The fraction of sp³-hybridized carbons (Fsp3) is 0.286.